The summed E-state index contributed by atoms with van der Waals surface area (Å²) >= 11 is 1.68. The van der Waals surface area contributed by atoms with Crippen LogP contribution in [0.15, 0.2) is 36.4 Å². The SMILES string of the molecule is COc1cc(C(=O)N2CCCCc3c2sc(C)c3C)ccc1C(=O)Nc1cccc2[nH]c(C)nc12. The third-order valence-corrected chi connectivity index (χ3v) is 7.88. The molecule has 1 aliphatic heterocycles. The van der Waals surface area contributed by atoms with E-state index in [0.717, 1.165) is 35.6 Å². The number of hydrogen-bond acceptors (Lipinski definition) is 5. The zero-order valence-electron chi connectivity index (χ0n) is 20.3. The number of thiophene rings is 1. The van der Waals surface area contributed by atoms with Gasteiger partial charge in [0.25, 0.3) is 11.8 Å². The van der Waals surface area contributed by atoms with Crippen LogP contribution in [0.5, 0.6) is 5.75 Å². The molecule has 0 aliphatic carbocycles. The molecule has 1 aliphatic rings. The van der Waals surface area contributed by atoms with Crippen molar-refractivity contribution in [1.82, 2.24) is 9.97 Å². The lowest BCUT2D eigenvalue weighted by Gasteiger charge is -2.21. The second-order valence-corrected chi connectivity index (χ2v) is 10.1. The number of methoxy groups -OCH3 is 1. The molecule has 7 nitrogen and oxygen atoms in total. The van der Waals surface area contributed by atoms with Crippen LogP contribution in [0.4, 0.5) is 10.7 Å². The van der Waals surface area contributed by atoms with E-state index >= 15 is 0 Å². The number of aromatic nitrogens is 2. The van der Waals surface area contributed by atoms with E-state index in [1.165, 1.54) is 23.1 Å². The van der Waals surface area contributed by atoms with Crippen LogP contribution in [0, 0.1) is 20.8 Å². The molecule has 180 valence electrons. The van der Waals surface area contributed by atoms with Crippen molar-refractivity contribution in [3.05, 3.63) is 69.4 Å². The van der Waals surface area contributed by atoms with Gasteiger partial charge in [-0.15, -0.1) is 11.3 Å². The van der Waals surface area contributed by atoms with Crippen molar-refractivity contribution in [3.8, 4) is 5.75 Å². The number of anilines is 2. The first-order valence-electron chi connectivity index (χ1n) is 11.7. The summed E-state index contributed by atoms with van der Waals surface area (Å²) in [6.07, 6.45) is 3.03. The van der Waals surface area contributed by atoms with Gasteiger partial charge in [-0.25, -0.2) is 4.98 Å². The summed E-state index contributed by atoms with van der Waals surface area (Å²) in [7, 11) is 1.51. The molecule has 4 aromatic rings. The summed E-state index contributed by atoms with van der Waals surface area (Å²) in [5, 5.41) is 3.98. The lowest BCUT2D eigenvalue weighted by Crippen LogP contribution is -2.31. The number of hydrogen-bond donors (Lipinski definition) is 2. The fraction of sp³-hybridized carbons (Fsp3) is 0.296. The standard InChI is InChI=1S/C27H28N4O3S/c1-15-16(2)35-27-19(15)8-5-6-13-31(27)26(33)18-11-12-20(23(14-18)34-4)25(32)30-22-10-7-9-21-24(22)29-17(3)28-21/h7,9-12,14H,5-6,8,13H2,1-4H3,(H,28,29)(H,30,32). The minimum Gasteiger partial charge on any atom is -0.496 e. The van der Waals surface area contributed by atoms with Crippen LogP contribution in [0.1, 0.15) is 55.4 Å². The van der Waals surface area contributed by atoms with Crippen molar-refractivity contribution < 1.29 is 14.3 Å². The van der Waals surface area contributed by atoms with Crippen molar-refractivity contribution in [2.75, 3.05) is 23.9 Å². The van der Waals surface area contributed by atoms with Gasteiger partial charge in [0, 0.05) is 17.0 Å². The molecule has 0 radical (unpaired) electrons. The van der Waals surface area contributed by atoms with Crippen molar-refractivity contribution in [3.63, 3.8) is 0 Å². The second kappa shape index (κ2) is 9.19. The normalized spacial score (nSPS) is 13.4. The highest BCUT2D eigenvalue weighted by molar-refractivity contribution is 7.16. The molecule has 8 heteroatoms. The quantitative estimate of drug-likeness (QED) is 0.380. The molecular weight excluding hydrogens is 460 g/mol. The molecule has 0 fully saturated rings. The number of imidazole rings is 1. The smallest absolute Gasteiger partial charge is 0.259 e. The molecule has 35 heavy (non-hydrogen) atoms. The number of carbonyl (C=O) groups excluding carboxylic acids is 2. The number of carbonyl (C=O) groups is 2. The Morgan fingerprint density at radius 1 is 1.14 bits per heavy atom. The number of amides is 2. The van der Waals surface area contributed by atoms with Gasteiger partial charge in [0.2, 0.25) is 0 Å². The van der Waals surface area contributed by atoms with E-state index in [9.17, 15) is 9.59 Å². The van der Waals surface area contributed by atoms with Gasteiger partial charge in [-0.2, -0.15) is 0 Å². The highest BCUT2D eigenvalue weighted by atomic mass is 32.1. The van der Waals surface area contributed by atoms with Gasteiger partial charge in [0.15, 0.2) is 0 Å². The van der Waals surface area contributed by atoms with E-state index in [1.54, 1.807) is 29.5 Å². The number of rotatable bonds is 4. The largest absolute Gasteiger partial charge is 0.496 e. The summed E-state index contributed by atoms with van der Waals surface area (Å²) in [6.45, 7) is 6.80. The minimum atomic E-state index is -0.324. The predicted octanol–water partition coefficient (Wildman–Crippen LogP) is 5.79. The highest BCUT2D eigenvalue weighted by Crippen LogP contribution is 2.39. The predicted molar refractivity (Wildman–Crippen MR) is 140 cm³/mol. The van der Waals surface area contributed by atoms with Crippen molar-refractivity contribution in [1.29, 1.82) is 0 Å². The maximum Gasteiger partial charge on any atom is 0.259 e. The Balaban J connectivity index is 1.44. The van der Waals surface area contributed by atoms with Gasteiger partial charge in [-0.3, -0.25) is 14.5 Å². The number of nitrogens with zero attached hydrogens (tertiary/aromatic N) is 2. The minimum absolute atomic E-state index is 0.0728. The molecule has 2 amide bonds. The molecule has 2 aromatic carbocycles. The molecule has 0 bridgehead atoms. The molecule has 0 spiro atoms. The van der Waals surface area contributed by atoms with Crippen molar-refractivity contribution in [2.24, 2.45) is 0 Å². The number of para-hydroxylation sites is 1. The van der Waals surface area contributed by atoms with Gasteiger partial charge in [-0.05, 0) is 81.5 Å². The van der Waals surface area contributed by atoms with E-state index in [0.29, 0.717) is 34.6 Å². The molecule has 0 unspecified atom stereocenters. The number of aromatic amines is 1. The zero-order valence-corrected chi connectivity index (χ0v) is 21.1. The van der Waals surface area contributed by atoms with Gasteiger partial charge in [-0.1, -0.05) is 6.07 Å². The van der Waals surface area contributed by atoms with E-state index in [4.69, 9.17) is 4.74 Å². The van der Waals surface area contributed by atoms with Gasteiger partial charge >= 0.3 is 0 Å². The molecule has 5 rings (SSSR count). The van der Waals surface area contributed by atoms with Gasteiger partial charge in [0.1, 0.15) is 22.1 Å². The van der Waals surface area contributed by atoms with Crippen molar-refractivity contribution >= 4 is 44.9 Å². The van der Waals surface area contributed by atoms with Crippen LogP contribution in [-0.2, 0) is 6.42 Å². The first-order valence-corrected chi connectivity index (χ1v) is 12.5. The Labute approximate surface area is 208 Å². The molecule has 2 aromatic heterocycles. The molecule has 0 atom stereocenters. The van der Waals surface area contributed by atoms with Crippen LogP contribution in [0.2, 0.25) is 0 Å². The number of benzene rings is 2. The Morgan fingerprint density at radius 2 is 1.97 bits per heavy atom. The van der Waals surface area contributed by atoms with Crippen LogP contribution in [0.25, 0.3) is 11.0 Å². The van der Waals surface area contributed by atoms with E-state index < -0.39 is 0 Å². The fourth-order valence-electron chi connectivity index (χ4n) is 4.65. The lowest BCUT2D eigenvalue weighted by molar-refractivity contribution is 0.0983. The molecular formula is C27H28N4O3S. The Kier molecular flexibility index (Phi) is 6.06. The molecule has 2 N–H and O–H groups in total. The number of H-pyrrole nitrogens is 1. The third-order valence-electron chi connectivity index (χ3n) is 6.61. The van der Waals surface area contributed by atoms with E-state index in [1.807, 2.05) is 30.0 Å². The maximum atomic E-state index is 13.6. The van der Waals surface area contributed by atoms with Crippen LogP contribution in [0.3, 0.4) is 0 Å². The van der Waals surface area contributed by atoms with E-state index in [-0.39, 0.29) is 11.8 Å². The Bertz CT molecular complexity index is 1450. The fourth-order valence-corrected chi connectivity index (χ4v) is 5.88. The summed E-state index contributed by atoms with van der Waals surface area (Å²) in [6, 6.07) is 10.6. The summed E-state index contributed by atoms with van der Waals surface area (Å²) < 4.78 is 5.54. The van der Waals surface area contributed by atoms with E-state index in [2.05, 4.69) is 29.1 Å². The lowest BCUT2D eigenvalue weighted by atomic mass is 10.1. The Morgan fingerprint density at radius 3 is 2.77 bits per heavy atom. The number of nitrogens with one attached hydrogen (secondary N) is 2. The summed E-state index contributed by atoms with van der Waals surface area (Å²) in [4.78, 5) is 37.5. The monoisotopic (exact) mass is 488 g/mol. The van der Waals surface area contributed by atoms with Crippen LogP contribution in [-0.4, -0.2) is 35.4 Å². The van der Waals surface area contributed by atoms with Gasteiger partial charge < -0.3 is 15.0 Å². The average molecular weight is 489 g/mol. The topological polar surface area (TPSA) is 87.3 Å². The summed E-state index contributed by atoms with van der Waals surface area (Å²) in [5.74, 6) is 0.731. The van der Waals surface area contributed by atoms with Crippen molar-refractivity contribution in [2.45, 2.75) is 40.0 Å². The Hall–Kier alpha value is -3.65. The van der Waals surface area contributed by atoms with Crippen LogP contribution < -0.4 is 15.0 Å². The third kappa shape index (κ3) is 4.18. The number of fused-ring (bicyclic) bond motifs is 2. The molecule has 0 saturated heterocycles. The molecule has 3 heterocycles. The average Bonchev–Trinajstić information content (AvgIpc) is 3.28. The first kappa shape index (κ1) is 23.1. The summed E-state index contributed by atoms with van der Waals surface area (Å²) in [5.41, 5.74) is 5.58. The highest BCUT2D eigenvalue weighted by Gasteiger charge is 2.27. The maximum absolute atomic E-state index is 13.6. The zero-order chi connectivity index (χ0) is 24.7. The van der Waals surface area contributed by atoms with Crippen LogP contribution >= 0.6 is 11.3 Å². The number of aryl methyl sites for hydroxylation is 2. The molecule has 0 saturated carbocycles. The van der Waals surface area contributed by atoms with Gasteiger partial charge in [0.05, 0.1) is 23.9 Å². The number of ether oxygens (including phenoxy) is 1. The second-order valence-electron chi connectivity index (χ2n) is 8.87. The first-order chi connectivity index (χ1) is 16.9.